The fraction of sp³-hybridized carbons (Fsp3) is 0.667. The maximum absolute atomic E-state index is 12.5. The zero-order valence-electron chi connectivity index (χ0n) is 16.2. The van der Waals surface area contributed by atoms with Crippen LogP contribution in [-0.2, 0) is 11.3 Å². The number of carbonyl (C=O) groups is 1. The van der Waals surface area contributed by atoms with Crippen LogP contribution in [-0.4, -0.2) is 67.9 Å². The molecular weight excluding hydrogens is 342 g/mol. The van der Waals surface area contributed by atoms with Gasteiger partial charge in [0, 0.05) is 51.5 Å². The molecule has 0 aromatic heterocycles. The Morgan fingerprint density at radius 2 is 1.85 bits per heavy atom. The predicted octanol–water partition coefficient (Wildman–Crippen LogP) is 2.48. The molecule has 2 amide bonds. The number of nitrogens with one attached hydrogen (secondary N) is 1. The first-order chi connectivity index (χ1) is 13.2. The minimum atomic E-state index is 0.0421. The van der Waals surface area contributed by atoms with Crippen LogP contribution in [0.4, 0.5) is 4.79 Å². The summed E-state index contributed by atoms with van der Waals surface area (Å²) in [5.41, 5.74) is 1.08. The van der Waals surface area contributed by atoms with E-state index in [9.17, 15) is 4.79 Å². The number of carbonyl (C=O) groups excluding carboxylic acids is 1. The number of hydrogen-bond acceptors (Lipinski definition) is 4. The Morgan fingerprint density at radius 1 is 1.15 bits per heavy atom. The van der Waals surface area contributed by atoms with Gasteiger partial charge >= 0.3 is 6.03 Å². The van der Waals surface area contributed by atoms with E-state index in [1.54, 1.807) is 7.11 Å². The summed E-state index contributed by atoms with van der Waals surface area (Å²) in [5.74, 6) is 1.71. The van der Waals surface area contributed by atoms with E-state index < -0.39 is 0 Å². The Kier molecular flexibility index (Phi) is 5.83. The highest BCUT2D eigenvalue weighted by Crippen LogP contribution is 2.33. The van der Waals surface area contributed by atoms with Crippen LogP contribution >= 0.6 is 0 Å². The Bertz CT molecular complexity index is 620. The van der Waals surface area contributed by atoms with Crippen LogP contribution in [0.2, 0.25) is 0 Å². The van der Waals surface area contributed by atoms with Crippen molar-refractivity contribution < 1.29 is 14.3 Å². The molecule has 1 saturated carbocycles. The first-order valence-corrected chi connectivity index (χ1v) is 10.2. The fourth-order valence-corrected chi connectivity index (χ4v) is 4.08. The highest BCUT2D eigenvalue weighted by Gasteiger charge is 2.40. The van der Waals surface area contributed by atoms with Crippen molar-refractivity contribution in [2.24, 2.45) is 5.92 Å². The van der Waals surface area contributed by atoms with Gasteiger partial charge in [-0.1, -0.05) is 12.1 Å². The normalized spacial score (nSPS) is 21.2. The first kappa shape index (κ1) is 18.6. The summed E-state index contributed by atoms with van der Waals surface area (Å²) in [5, 5.41) is 3.04. The zero-order chi connectivity index (χ0) is 18.6. The highest BCUT2D eigenvalue weighted by atomic mass is 16.5. The van der Waals surface area contributed by atoms with Gasteiger partial charge in [-0.05, 0) is 49.3 Å². The second-order valence-corrected chi connectivity index (χ2v) is 8.05. The Balaban J connectivity index is 1.24. The standard InChI is InChI=1S/C21H31N3O3/c1-26-20-6-4-16(5-7-20)12-22-21(25)23-14-19(15-23)24(13-17-2-3-17)18-8-10-27-11-9-18/h4-7,17-19H,2-3,8-15H2,1H3,(H,22,25). The molecule has 0 atom stereocenters. The lowest BCUT2D eigenvalue weighted by Crippen LogP contribution is -2.65. The molecule has 2 aliphatic heterocycles. The van der Waals surface area contributed by atoms with Gasteiger partial charge in [0.05, 0.1) is 7.11 Å². The van der Waals surface area contributed by atoms with Crippen molar-refractivity contribution in [3.8, 4) is 5.75 Å². The van der Waals surface area contributed by atoms with Crippen LogP contribution in [0.5, 0.6) is 5.75 Å². The molecule has 148 valence electrons. The van der Waals surface area contributed by atoms with Crippen molar-refractivity contribution >= 4 is 6.03 Å². The van der Waals surface area contributed by atoms with Crippen molar-refractivity contribution in [1.82, 2.24) is 15.1 Å². The van der Waals surface area contributed by atoms with Gasteiger partial charge in [0.1, 0.15) is 5.75 Å². The summed E-state index contributed by atoms with van der Waals surface area (Å²) < 4.78 is 10.7. The van der Waals surface area contributed by atoms with Crippen molar-refractivity contribution in [2.75, 3.05) is 40.0 Å². The number of urea groups is 1. The third kappa shape index (κ3) is 4.74. The monoisotopic (exact) mass is 373 g/mol. The van der Waals surface area contributed by atoms with Crippen molar-refractivity contribution in [3.05, 3.63) is 29.8 Å². The maximum atomic E-state index is 12.5. The molecule has 0 unspecified atom stereocenters. The molecule has 3 aliphatic rings. The number of methoxy groups -OCH3 is 1. The summed E-state index contributed by atoms with van der Waals surface area (Å²) in [6, 6.07) is 9.01. The zero-order valence-corrected chi connectivity index (χ0v) is 16.2. The fourth-order valence-electron chi connectivity index (χ4n) is 4.08. The van der Waals surface area contributed by atoms with Crippen molar-refractivity contribution in [3.63, 3.8) is 0 Å². The van der Waals surface area contributed by atoms with Gasteiger partial charge in [0.25, 0.3) is 0 Å². The van der Waals surface area contributed by atoms with Gasteiger partial charge in [-0.15, -0.1) is 0 Å². The number of benzene rings is 1. The SMILES string of the molecule is COc1ccc(CNC(=O)N2CC(N(CC3CC3)C3CCOCC3)C2)cc1. The van der Waals surface area contributed by atoms with E-state index in [0.717, 1.165) is 56.4 Å². The maximum Gasteiger partial charge on any atom is 0.317 e. The van der Waals surface area contributed by atoms with Crippen LogP contribution in [0, 0.1) is 5.92 Å². The molecule has 0 radical (unpaired) electrons. The number of rotatable bonds is 7. The van der Waals surface area contributed by atoms with Crippen LogP contribution in [0.1, 0.15) is 31.2 Å². The minimum absolute atomic E-state index is 0.0421. The molecule has 3 fully saturated rings. The van der Waals surface area contributed by atoms with Crippen molar-refractivity contribution in [2.45, 2.75) is 44.3 Å². The lowest BCUT2D eigenvalue weighted by atomic mass is 9.99. The van der Waals surface area contributed by atoms with E-state index >= 15 is 0 Å². The summed E-state index contributed by atoms with van der Waals surface area (Å²) in [6.45, 7) is 5.21. The average molecular weight is 373 g/mol. The van der Waals surface area contributed by atoms with E-state index in [1.807, 2.05) is 29.2 Å². The molecule has 6 nitrogen and oxygen atoms in total. The number of likely N-dealkylation sites (tertiary alicyclic amines) is 1. The van der Waals surface area contributed by atoms with Gasteiger partial charge in [0.15, 0.2) is 0 Å². The lowest BCUT2D eigenvalue weighted by Gasteiger charge is -2.49. The van der Waals surface area contributed by atoms with E-state index in [1.165, 1.54) is 19.4 Å². The Labute approximate surface area is 161 Å². The number of amides is 2. The Hall–Kier alpha value is -1.79. The van der Waals surface area contributed by atoms with Crippen LogP contribution in [0.25, 0.3) is 0 Å². The van der Waals surface area contributed by atoms with Crippen LogP contribution < -0.4 is 10.1 Å². The second kappa shape index (κ2) is 8.48. The molecule has 1 N–H and O–H groups in total. The Morgan fingerprint density at radius 3 is 2.48 bits per heavy atom. The van der Waals surface area contributed by atoms with E-state index in [-0.39, 0.29) is 6.03 Å². The van der Waals surface area contributed by atoms with E-state index in [4.69, 9.17) is 9.47 Å². The van der Waals surface area contributed by atoms with Crippen LogP contribution in [0.3, 0.4) is 0 Å². The topological polar surface area (TPSA) is 54.0 Å². The molecule has 2 saturated heterocycles. The molecule has 1 aliphatic carbocycles. The van der Waals surface area contributed by atoms with Gasteiger partial charge in [-0.25, -0.2) is 4.79 Å². The van der Waals surface area contributed by atoms with E-state index in [2.05, 4.69) is 10.2 Å². The molecule has 6 heteroatoms. The highest BCUT2D eigenvalue weighted by molar-refractivity contribution is 5.75. The average Bonchev–Trinajstić information content (AvgIpc) is 3.49. The summed E-state index contributed by atoms with van der Waals surface area (Å²) in [6.07, 6.45) is 5.01. The van der Waals surface area contributed by atoms with E-state index in [0.29, 0.717) is 18.6 Å². The largest absolute Gasteiger partial charge is 0.497 e. The quantitative estimate of drug-likeness (QED) is 0.798. The molecule has 27 heavy (non-hydrogen) atoms. The summed E-state index contributed by atoms with van der Waals surface area (Å²) in [7, 11) is 1.66. The smallest absolute Gasteiger partial charge is 0.317 e. The summed E-state index contributed by atoms with van der Waals surface area (Å²) in [4.78, 5) is 17.1. The molecular formula is C21H31N3O3. The third-order valence-corrected chi connectivity index (χ3v) is 6.05. The predicted molar refractivity (Wildman–Crippen MR) is 104 cm³/mol. The second-order valence-electron chi connectivity index (χ2n) is 8.05. The van der Waals surface area contributed by atoms with Gasteiger partial charge in [0.2, 0.25) is 0 Å². The molecule has 4 rings (SSSR count). The number of ether oxygens (including phenoxy) is 2. The van der Waals surface area contributed by atoms with Crippen LogP contribution in [0.15, 0.2) is 24.3 Å². The van der Waals surface area contributed by atoms with Crippen molar-refractivity contribution in [1.29, 1.82) is 0 Å². The van der Waals surface area contributed by atoms with Gasteiger partial charge in [-0.3, -0.25) is 4.90 Å². The molecule has 0 spiro atoms. The first-order valence-electron chi connectivity index (χ1n) is 10.2. The lowest BCUT2D eigenvalue weighted by molar-refractivity contribution is -0.0213. The molecule has 0 bridgehead atoms. The minimum Gasteiger partial charge on any atom is -0.497 e. The molecule has 2 heterocycles. The summed E-state index contributed by atoms with van der Waals surface area (Å²) >= 11 is 0. The molecule has 1 aromatic carbocycles. The molecule has 1 aromatic rings. The number of hydrogen-bond donors (Lipinski definition) is 1. The van der Waals surface area contributed by atoms with Gasteiger partial charge in [-0.2, -0.15) is 0 Å². The van der Waals surface area contributed by atoms with Gasteiger partial charge < -0.3 is 19.7 Å². The number of nitrogens with zero attached hydrogens (tertiary/aromatic N) is 2. The third-order valence-electron chi connectivity index (χ3n) is 6.05.